The van der Waals surface area contributed by atoms with Crippen molar-refractivity contribution in [3.8, 4) is 0 Å². The van der Waals surface area contributed by atoms with Gasteiger partial charge in [0.25, 0.3) is 0 Å². The zero-order chi connectivity index (χ0) is 14.2. The monoisotopic (exact) mass is 295 g/mol. The standard InChI is InChI=1S/C13H17N3O3S/c1-20(17,18)10-2-3-12-11(8-10)15-13(19-12)9-16-6-4-14-5-7-16/h2-3,8,14H,4-7,9H2,1H3. The average molecular weight is 295 g/mol. The first-order valence-electron chi connectivity index (χ1n) is 6.55. The van der Waals surface area contributed by atoms with Gasteiger partial charge < -0.3 is 9.73 Å². The van der Waals surface area contributed by atoms with E-state index in [1.165, 1.54) is 6.26 Å². The summed E-state index contributed by atoms with van der Waals surface area (Å²) in [6.45, 7) is 4.53. The molecule has 1 aromatic carbocycles. The Morgan fingerprint density at radius 3 is 2.80 bits per heavy atom. The highest BCUT2D eigenvalue weighted by Gasteiger charge is 2.15. The molecule has 0 atom stereocenters. The molecule has 0 radical (unpaired) electrons. The molecule has 1 aliphatic heterocycles. The topological polar surface area (TPSA) is 75.4 Å². The largest absolute Gasteiger partial charge is 0.439 e. The Hall–Kier alpha value is -1.44. The summed E-state index contributed by atoms with van der Waals surface area (Å²) in [4.78, 5) is 6.92. The van der Waals surface area contributed by atoms with Crippen LogP contribution >= 0.6 is 0 Å². The van der Waals surface area contributed by atoms with Crippen molar-refractivity contribution in [2.45, 2.75) is 11.4 Å². The van der Waals surface area contributed by atoms with Crippen LogP contribution in [0.25, 0.3) is 11.1 Å². The van der Waals surface area contributed by atoms with Crippen molar-refractivity contribution in [1.29, 1.82) is 0 Å². The number of sulfone groups is 1. The Labute approximate surface area is 117 Å². The van der Waals surface area contributed by atoms with Gasteiger partial charge in [-0.15, -0.1) is 0 Å². The first kappa shape index (κ1) is 13.5. The molecule has 1 aliphatic rings. The van der Waals surface area contributed by atoms with Crippen LogP contribution in [0.2, 0.25) is 0 Å². The quantitative estimate of drug-likeness (QED) is 0.895. The molecule has 0 saturated carbocycles. The van der Waals surface area contributed by atoms with Gasteiger partial charge in [0.05, 0.1) is 11.4 Å². The maximum Gasteiger partial charge on any atom is 0.209 e. The normalized spacial score (nSPS) is 17.6. The summed E-state index contributed by atoms with van der Waals surface area (Å²) < 4.78 is 28.7. The molecule has 1 saturated heterocycles. The maximum atomic E-state index is 11.5. The highest BCUT2D eigenvalue weighted by molar-refractivity contribution is 7.90. The average Bonchev–Trinajstić information content (AvgIpc) is 2.80. The first-order chi connectivity index (χ1) is 9.52. The predicted octanol–water partition coefficient (Wildman–Crippen LogP) is 0.637. The van der Waals surface area contributed by atoms with Gasteiger partial charge in [-0.1, -0.05) is 0 Å². The molecule has 0 bridgehead atoms. The van der Waals surface area contributed by atoms with Crippen LogP contribution in [0.1, 0.15) is 5.89 Å². The third-order valence-corrected chi connectivity index (χ3v) is 4.51. The van der Waals surface area contributed by atoms with Gasteiger partial charge >= 0.3 is 0 Å². The molecule has 20 heavy (non-hydrogen) atoms. The molecule has 0 unspecified atom stereocenters. The van der Waals surface area contributed by atoms with Crippen LogP contribution in [-0.4, -0.2) is 50.7 Å². The molecular weight excluding hydrogens is 278 g/mol. The predicted molar refractivity (Wildman–Crippen MR) is 75.3 cm³/mol. The zero-order valence-electron chi connectivity index (χ0n) is 11.3. The summed E-state index contributed by atoms with van der Waals surface area (Å²) >= 11 is 0. The first-order valence-corrected chi connectivity index (χ1v) is 8.44. The van der Waals surface area contributed by atoms with Crippen molar-refractivity contribution in [2.75, 3.05) is 32.4 Å². The number of nitrogens with one attached hydrogen (secondary N) is 1. The second-order valence-electron chi connectivity index (χ2n) is 5.04. The minimum Gasteiger partial charge on any atom is -0.439 e. The number of hydrogen-bond donors (Lipinski definition) is 1. The van der Waals surface area contributed by atoms with E-state index in [4.69, 9.17) is 4.42 Å². The van der Waals surface area contributed by atoms with E-state index in [0.29, 0.717) is 23.5 Å². The molecule has 7 heteroatoms. The number of fused-ring (bicyclic) bond motifs is 1. The van der Waals surface area contributed by atoms with Crippen molar-refractivity contribution in [3.05, 3.63) is 24.1 Å². The summed E-state index contributed by atoms with van der Waals surface area (Å²) in [6, 6.07) is 4.78. The molecule has 3 rings (SSSR count). The SMILES string of the molecule is CS(=O)(=O)c1ccc2oc(CN3CCNCC3)nc2c1. The number of oxazole rings is 1. The Morgan fingerprint density at radius 2 is 2.10 bits per heavy atom. The van der Waals surface area contributed by atoms with Gasteiger partial charge in [0, 0.05) is 32.4 Å². The number of benzene rings is 1. The van der Waals surface area contributed by atoms with Crippen LogP contribution in [-0.2, 0) is 16.4 Å². The van der Waals surface area contributed by atoms with Gasteiger partial charge in [-0.2, -0.15) is 0 Å². The molecule has 2 heterocycles. The molecule has 1 fully saturated rings. The lowest BCUT2D eigenvalue weighted by molar-refractivity contribution is 0.214. The Morgan fingerprint density at radius 1 is 1.35 bits per heavy atom. The fourth-order valence-electron chi connectivity index (χ4n) is 2.31. The molecular formula is C13H17N3O3S. The van der Waals surface area contributed by atoms with Gasteiger partial charge in [-0.05, 0) is 18.2 Å². The van der Waals surface area contributed by atoms with Crippen LogP contribution in [0.15, 0.2) is 27.5 Å². The summed E-state index contributed by atoms with van der Waals surface area (Å²) in [5.41, 5.74) is 1.22. The van der Waals surface area contributed by atoms with Gasteiger partial charge in [-0.25, -0.2) is 13.4 Å². The van der Waals surface area contributed by atoms with Crippen LogP contribution in [0.4, 0.5) is 0 Å². The van der Waals surface area contributed by atoms with Crippen molar-refractivity contribution in [2.24, 2.45) is 0 Å². The Balaban J connectivity index is 1.86. The van der Waals surface area contributed by atoms with Crippen molar-refractivity contribution in [3.63, 3.8) is 0 Å². The molecule has 0 spiro atoms. The van der Waals surface area contributed by atoms with Crippen LogP contribution < -0.4 is 5.32 Å². The van der Waals surface area contributed by atoms with E-state index in [9.17, 15) is 8.42 Å². The lowest BCUT2D eigenvalue weighted by atomic mass is 10.3. The van der Waals surface area contributed by atoms with Crippen LogP contribution in [0.5, 0.6) is 0 Å². The lowest BCUT2D eigenvalue weighted by Gasteiger charge is -2.25. The van der Waals surface area contributed by atoms with Gasteiger partial charge in [-0.3, -0.25) is 4.90 Å². The zero-order valence-corrected chi connectivity index (χ0v) is 12.1. The van der Waals surface area contributed by atoms with E-state index in [1.54, 1.807) is 18.2 Å². The Kier molecular flexibility index (Phi) is 3.49. The minimum atomic E-state index is -3.21. The van der Waals surface area contributed by atoms with E-state index in [1.807, 2.05) is 0 Å². The number of hydrogen-bond acceptors (Lipinski definition) is 6. The highest BCUT2D eigenvalue weighted by Crippen LogP contribution is 2.20. The fraction of sp³-hybridized carbons (Fsp3) is 0.462. The van der Waals surface area contributed by atoms with Crippen molar-refractivity contribution in [1.82, 2.24) is 15.2 Å². The summed E-state index contributed by atoms with van der Waals surface area (Å²) in [5, 5.41) is 3.29. The molecule has 0 aliphatic carbocycles. The van der Waals surface area contributed by atoms with E-state index < -0.39 is 9.84 Å². The fourth-order valence-corrected chi connectivity index (χ4v) is 2.95. The maximum absolute atomic E-state index is 11.5. The molecule has 6 nitrogen and oxygen atoms in total. The third kappa shape index (κ3) is 2.84. The van der Waals surface area contributed by atoms with Crippen LogP contribution in [0, 0.1) is 0 Å². The smallest absolute Gasteiger partial charge is 0.209 e. The second-order valence-corrected chi connectivity index (χ2v) is 7.05. The number of piperazine rings is 1. The van der Waals surface area contributed by atoms with E-state index >= 15 is 0 Å². The van der Waals surface area contributed by atoms with Crippen molar-refractivity contribution < 1.29 is 12.8 Å². The second kappa shape index (κ2) is 5.16. The van der Waals surface area contributed by atoms with Gasteiger partial charge in [0.15, 0.2) is 15.4 Å². The number of aromatic nitrogens is 1. The summed E-state index contributed by atoms with van der Waals surface area (Å²) in [7, 11) is -3.21. The molecule has 1 aromatic heterocycles. The van der Waals surface area contributed by atoms with E-state index in [-0.39, 0.29) is 4.90 Å². The molecule has 1 N–H and O–H groups in total. The summed E-state index contributed by atoms with van der Waals surface area (Å²) in [6.07, 6.45) is 1.19. The van der Waals surface area contributed by atoms with E-state index in [2.05, 4.69) is 15.2 Å². The van der Waals surface area contributed by atoms with E-state index in [0.717, 1.165) is 26.2 Å². The number of rotatable bonds is 3. The summed E-state index contributed by atoms with van der Waals surface area (Å²) in [5.74, 6) is 0.632. The Bertz CT molecular complexity index is 718. The third-order valence-electron chi connectivity index (χ3n) is 3.40. The number of nitrogens with zero attached hydrogens (tertiary/aromatic N) is 2. The minimum absolute atomic E-state index is 0.270. The molecule has 108 valence electrons. The lowest BCUT2D eigenvalue weighted by Crippen LogP contribution is -2.42. The highest BCUT2D eigenvalue weighted by atomic mass is 32.2. The van der Waals surface area contributed by atoms with Crippen LogP contribution in [0.3, 0.4) is 0 Å². The van der Waals surface area contributed by atoms with Crippen molar-refractivity contribution >= 4 is 20.9 Å². The van der Waals surface area contributed by atoms with Gasteiger partial charge in [0.2, 0.25) is 5.89 Å². The van der Waals surface area contributed by atoms with Gasteiger partial charge in [0.1, 0.15) is 5.52 Å². The molecule has 0 amide bonds. The molecule has 2 aromatic rings.